The minimum Gasteiger partial charge on any atom is -0.460 e. The van der Waals surface area contributed by atoms with Gasteiger partial charge in [-0.3, -0.25) is 4.90 Å². The van der Waals surface area contributed by atoms with E-state index in [4.69, 9.17) is 4.74 Å². The summed E-state index contributed by atoms with van der Waals surface area (Å²) in [5.74, 6) is 2.64. The topological polar surface area (TPSA) is 38.2 Å². The number of likely N-dealkylation sites (tertiary alicyclic amines) is 1. The van der Waals surface area contributed by atoms with Crippen LogP contribution < -0.4 is 4.74 Å². The minimum absolute atomic E-state index is 0.285. The van der Waals surface area contributed by atoms with E-state index < -0.39 is 0 Å². The van der Waals surface area contributed by atoms with Crippen LogP contribution in [0.4, 0.5) is 0 Å². The quantitative estimate of drug-likeness (QED) is 0.852. The first kappa shape index (κ1) is 14.1. The molecule has 3 heterocycles. The number of aryl methyl sites for hydroxylation is 1. The van der Waals surface area contributed by atoms with Crippen molar-refractivity contribution in [2.75, 3.05) is 24.6 Å². The van der Waals surface area contributed by atoms with Gasteiger partial charge in [-0.25, -0.2) is 9.97 Å². The van der Waals surface area contributed by atoms with Crippen LogP contribution in [0.2, 0.25) is 0 Å². The summed E-state index contributed by atoms with van der Waals surface area (Å²) in [6.45, 7) is 4.42. The SMILES string of the molecule is CCc1cnc(OC2CCN(C3CCSC3)CC2)nc1. The summed E-state index contributed by atoms with van der Waals surface area (Å²) in [5, 5.41) is 0. The highest BCUT2D eigenvalue weighted by atomic mass is 32.2. The van der Waals surface area contributed by atoms with Gasteiger partial charge in [0.05, 0.1) is 0 Å². The van der Waals surface area contributed by atoms with Gasteiger partial charge in [0, 0.05) is 37.3 Å². The van der Waals surface area contributed by atoms with Gasteiger partial charge in [-0.2, -0.15) is 11.8 Å². The number of aromatic nitrogens is 2. The van der Waals surface area contributed by atoms with Crippen molar-refractivity contribution in [3.8, 4) is 6.01 Å². The molecule has 1 atom stereocenters. The molecule has 1 aromatic heterocycles. The fraction of sp³-hybridized carbons (Fsp3) is 0.733. The van der Waals surface area contributed by atoms with Gasteiger partial charge in [-0.15, -0.1) is 0 Å². The first-order valence-corrected chi connectivity index (χ1v) is 8.80. The van der Waals surface area contributed by atoms with Crippen LogP contribution in [-0.2, 0) is 6.42 Å². The van der Waals surface area contributed by atoms with Gasteiger partial charge < -0.3 is 4.74 Å². The van der Waals surface area contributed by atoms with Crippen LogP contribution in [-0.4, -0.2) is 51.6 Å². The van der Waals surface area contributed by atoms with E-state index in [0.29, 0.717) is 6.01 Å². The maximum absolute atomic E-state index is 5.91. The van der Waals surface area contributed by atoms with E-state index in [-0.39, 0.29) is 6.10 Å². The zero-order valence-corrected chi connectivity index (χ0v) is 12.9. The van der Waals surface area contributed by atoms with Crippen LogP contribution in [0.5, 0.6) is 6.01 Å². The lowest BCUT2D eigenvalue weighted by Gasteiger charge is -2.35. The summed E-state index contributed by atoms with van der Waals surface area (Å²) >= 11 is 2.09. The Kier molecular flexibility index (Phi) is 4.78. The average Bonchev–Trinajstić information content (AvgIpc) is 3.03. The molecule has 0 aliphatic carbocycles. The maximum Gasteiger partial charge on any atom is 0.316 e. The van der Waals surface area contributed by atoms with Gasteiger partial charge in [0.2, 0.25) is 0 Å². The van der Waals surface area contributed by atoms with E-state index in [2.05, 4.69) is 33.6 Å². The van der Waals surface area contributed by atoms with Crippen LogP contribution in [0.25, 0.3) is 0 Å². The molecule has 2 aliphatic rings. The number of piperidine rings is 1. The van der Waals surface area contributed by atoms with Crippen molar-refractivity contribution in [1.82, 2.24) is 14.9 Å². The molecule has 4 nitrogen and oxygen atoms in total. The molecule has 5 heteroatoms. The number of hydrogen-bond acceptors (Lipinski definition) is 5. The Morgan fingerprint density at radius 1 is 1.25 bits per heavy atom. The van der Waals surface area contributed by atoms with E-state index in [1.54, 1.807) is 0 Å². The first-order valence-electron chi connectivity index (χ1n) is 7.64. The highest BCUT2D eigenvalue weighted by Gasteiger charge is 2.28. The summed E-state index contributed by atoms with van der Waals surface area (Å²) in [5.41, 5.74) is 1.16. The third-order valence-electron chi connectivity index (χ3n) is 4.26. The Bertz CT molecular complexity index is 412. The van der Waals surface area contributed by atoms with Crippen molar-refractivity contribution in [2.45, 2.75) is 44.8 Å². The van der Waals surface area contributed by atoms with Crippen molar-refractivity contribution in [3.05, 3.63) is 18.0 Å². The zero-order valence-electron chi connectivity index (χ0n) is 12.1. The summed E-state index contributed by atoms with van der Waals surface area (Å²) in [6, 6.07) is 1.35. The predicted molar refractivity (Wildman–Crippen MR) is 82.4 cm³/mol. The van der Waals surface area contributed by atoms with Gasteiger partial charge >= 0.3 is 6.01 Å². The van der Waals surface area contributed by atoms with Gasteiger partial charge in [0.25, 0.3) is 0 Å². The number of rotatable bonds is 4. The van der Waals surface area contributed by atoms with E-state index in [1.807, 2.05) is 12.4 Å². The van der Waals surface area contributed by atoms with Crippen LogP contribution in [0.3, 0.4) is 0 Å². The smallest absolute Gasteiger partial charge is 0.316 e. The normalized spacial score (nSPS) is 24.9. The molecule has 20 heavy (non-hydrogen) atoms. The fourth-order valence-corrected chi connectivity index (χ4v) is 4.16. The molecule has 0 saturated carbocycles. The summed E-state index contributed by atoms with van der Waals surface area (Å²) in [6.07, 6.45) is 8.55. The summed E-state index contributed by atoms with van der Waals surface area (Å²) in [4.78, 5) is 11.2. The van der Waals surface area contributed by atoms with E-state index in [0.717, 1.165) is 44.0 Å². The molecule has 2 aliphatic heterocycles. The molecule has 1 aromatic rings. The van der Waals surface area contributed by atoms with Crippen LogP contribution >= 0.6 is 11.8 Å². The molecule has 2 saturated heterocycles. The minimum atomic E-state index is 0.285. The molecule has 3 rings (SSSR count). The average molecular weight is 293 g/mol. The standard InChI is InChI=1S/C15H23N3OS/c1-2-12-9-16-15(17-10-12)19-14-3-6-18(7-4-14)13-5-8-20-11-13/h9-10,13-14H,2-8,11H2,1H3. The molecule has 110 valence electrons. The molecule has 0 N–H and O–H groups in total. The third-order valence-corrected chi connectivity index (χ3v) is 5.41. The van der Waals surface area contributed by atoms with Crippen molar-refractivity contribution >= 4 is 11.8 Å². The highest BCUT2D eigenvalue weighted by molar-refractivity contribution is 7.99. The monoisotopic (exact) mass is 293 g/mol. The highest BCUT2D eigenvalue weighted by Crippen LogP contribution is 2.25. The van der Waals surface area contributed by atoms with Crippen molar-refractivity contribution in [3.63, 3.8) is 0 Å². The van der Waals surface area contributed by atoms with E-state index >= 15 is 0 Å². The second kappa shape index (κ2) is 6.76. The molecule has 2 fully saturated rings. The van der Waals surface area contributed by atoms with E-state index in [1.165, 1.54) is 17.9 Å². The first-order chi connectivity index (χ1) is 9.85. The van der Waals surface area contributed by atoms with Crippen molar-refractivity contribution in [1.29, 1.82) is 0 Å². The molecule has 0 amide bonds. The van der Waals surface area contributed by atoms with Gasteiger partial charge in [0.15, 0.2) is 0 Å². The summed E-state index contributed by atoms with van der Waals surface area (Å²) in [7, 11) is 0. The lowest BCUT2D eigenvalue weighted by molar-refractivity contribution is 0.0753. The van der Waals surface area contributed by atoms with Crippen LogP contribution in [0.1, 0.15) is 31.7 Å². The lowest BCUT2D eigenvalue weighted by atomic mass is 10.1. The molecular weight excluding hydrogens is 270 g/mol. The Morgan fingerprint density at radius 3 is 2.60 bits per heavy atom. The van der Waals surface area contributed by atoms with Gasteiger partial charge in [-0.1, -0.05) is 6.92 Å². The Labute approximate surface area is 125 Å². The Hall–Kier alpha value is -0.810. The molecule has 0 bridgehead atoms. The van der Waals surface area contributed by atoms with Gasteiger partial charge in [-0.05, 0) is 37.0 Å². The predicted octanol–water partition coefficient (Wildman–Crippen LogP) is 2.39. The zero-order chi connectivity index (χ0) is 13.8. The van der Waals surface area contributed by atoms with Crippen molar-refractivity contribution < 1.29 is 4.74 Å². The lowest BCUT2D eigenvalue weighted by Crippen LogP contribution is -2.44. The Balaban J connectivity index is 1.47. The molecular formula is C15H23N3OS. The number of ether oxygens (including phenoxy) is 1. The molecule has 0 radical (unpaired) electrons. The van der Waals surface area contributed by atoms with Crippen LogP contribution in [0, 0.1) is 0 Å². The third kappa shape index (κ3) is 3.44. The maximum atomic E-state index is 5.91. The fourth-order valence-electron chi connectivity index (χ4n) is 2.90. The van der Waals surface area contributed by atoms with Crippen molar-refractivity contribution in [2.24, 2.45) is 0 Å². The molecule has 1 unspecified atom stereocenters. The number of hydrogen-bond donors (Lipinski definition) is 0. The molecule has 0 spiro atoms. The number of nitrogens with zero attached hydrogens (tertiary/aromatic N) is 3. The van der Waals surface area contributed by atoms with Gasteiger partial charge in [0.1, 0.15) is 6.10 Å². The molecule has 0 aromatic carbocycles. The summed E-state index contributed by atoms with van der Waals surface area (Å²) < 4.78 is 5.91. The van der Waals surface area contributed by atoms with Crippen LogP contribution in [0.15, 0.2) is 12.4 Å². The Morgan fingerprint density at radius 2 is 2.00 bits per heavy atom. The van der Waals surface area contributed by atoms with E-state index in [9.17, 15) is 0 Å². The number of thioether (sulfide) groups is 1. The second-order valence-corrected chi connectivity index (χ2v) is 6.75. The largest absolute Gasteiger partial charge is 0.460 e. The second-order valence-electron chi connectivity index (χ2n) is 5.60.